The monoisotopic (exact) mass is 361 g/mol. The van der Waals surface area contributed by atoms with Crippen LogP contribution in [-0.4, -0.2) is 27.8 Å². The molecule has 0 radical (unpaired) electrons. The molecule has 0 aliphatic carbocycles. The Balaban J connectivity index is 1.52. The maximum absolute atomic E-state index is 13.0. The van der Waals surface area contributed by atoms with Crippen LogP contribution in [0.25, 0.3) is 5.69 Å². The molecule has 2 aromatic heterocycles. The third kappa shape index (κ3) is 4.24. The van der Waals surface area contributed by atoms with Crippen molar-refractivity contribution in [2.45, 2.75) is 5.75 Å². The predicted molar refractivity (Wildman–Crippen MR) is 96.3 cm³/mol. The lowest BCUT2D eigenvalue weighted by Gasteiger charge is -2.09. The summed E-state index contributed by atoms with van der Waals surface area (Å²) in [6.07, 6.45) is 3.06. The first-order valence-electron chi connectivity index (χ1n) is 7.39. The van der Waals surface area contributed by atoms with Gasteiger partial charge in [0.05, 0.1) is 12.5 Å². The van der Waals surface area contributed by atoms with Crippen LogP contribution in [0.4, 0.5) is 4.39 Å². The van der Waals surface area contributed by atoms with Gasteiger partial charge in [-0.2, -0.15) is 23.1 Å². The summed E-state index contributed by atoms with van der Waals surface area (Å²) < 4.78 is 14.7. The third-order valence-corrected chi connectivity index (χ3v) is 5.12. The maximum atomic E-state index is 13.0. The molecule has 1 aromatic carbocycles. The lowest BCUT2D eigenvalue weighted by atomic mass is 10.3. The van der Waals surface area contributed by atoms with E-state index < -0.39 is 0 Å². The molecule has 0 unspecified atom stereocenters. The van der Waals surface area contributed by atoms with E-state index in [1.54, 1.807) is 46.1 Å². The van der Waals surface area contributed by atoms with E-state index in [-0.39, 0.29) is 11.7 Å². The van der Waals surface area contributed by atoms with Gasteiger partial charge < -0.3 is 5.32 Å². The summed E-state index contributed by atoms with van der Waals surface area (Å²) in [6.45, 7) is 0.586. The van der Waals surface area contributed by atoms with E-state index >= 15 is 0 Å². The summed E-state index contributed by atoms with van der Waals surface area (Å²) >= 11 is 3.47. The normalized spacial score (nSPS) is 10.7. The molecule has 0 aliphatic rings. The Bertz CT molecular complexity index is 785. The minimum atomic E-state index is -0.312. The number of thiophene rings is 1. The van der Waals surface area contributed by atoms with Crippen LogP contribution in [0.2, 0.25) is 0 Å². The van der Waals surface area contributed by atoms with Crippen LogP contribution in [0.5, 0.6) is 0 Å². The van der Waals surface area contributed by atoms with Crippen molar-refractivity contribution < 1.29 is 9.18 Å². The summed E-state index contributed by atoms with van der Waals surface area (Å²) in [5, 5.41) is 7.09. The van der Waals surface area contributed by atoms with E-state index in [0.29, 0.717) is 17.9 Å². The van der Waals surface area contributed by atoms with E-state index in [0.717, 1.165) is 11.5 Å². The number of carbonyl (C=O) groups excluding carboxylic acids is 1. The predicted octanol–water partition coefficient (Wildman–Crippen LogP) is 3.74. The molecule has 7 heteroatoms. The van der Waals surface area contributed by atoms with E-state index in [1.165, 1.54) is 23.9 Å². The first-order valence-corrected chi connectivity index (χ1v) is 9.49. The molecule has 24 heavy (non-hydrogen) atoms. The molecule has 124 valence electrons. The summed E-state index contributed by atoms with van der Waals surface area (Å²) in [4.78, 5) is 16.3. The molecule has 0 fully saturated rings. The van der Waals surface area contributed by atoms with Crippen LogP contribution in [0.1, 0.15) is 16.1 Å². The number of halogens is 1. The van der Waals surface area contributed by atoms with Crippen molar-refractivity contribution in [3.05, 3.63) is 70.7 Å². The number of amides is 1. The number of imidazole rings is 1. The van der Waals surface area contributed by atoms with Crippen LogP contribution in [0.3, 0.4) is 0 Å². The van der Waals surface area contributed by atoms with Crippen LogP contribution >= 0.6 is 23.1 Å². The Labute approximate surface area is 147 Å². The van der Waals surface area contributed by atoms with E-state index in [4.69, 9.17) is 0 Å². The van der Waals surface area contributed by atoms with Crippen molar-refractivity contribution in [3.8, 4) is 5.69 Å². The highest BCUT2D eigenvalue weighted by Crippen LogP contribution is 2.15. The van der Waals surface area contributed by atoms with Gasteiger partial charge in [-0.1, -0.05) is 0 Å². The molecule has 0 saturated carbocycles. The zero-order valence-electron chi connectivity index (χ0n) is 12.8. The average Bonchev–Trinajstić information content (AvgIpc) is 3.26. The lowest BCUT2D eigenvalue weighted by molar-refractivity contribution is 0.0949. The summed E-state index contributed by atoms with van der Waals surface area (Å²) in [7, 11) is 0. The highest BCUT2D eigenvalue weighted by Gasteiger charge is 2.12. The molecule has 3 rings (SSSR count). The average molecular weight is 361 g/mol. The fourth-order valence-electron chi connectivity index (χ4n) is 2.16. The Morgan fingerprint density at radius 1 is 1.29 bits per heavy atom. The lowest BCUT2D eigenvalue weighted by Crippen LogP contribution is -2.27. The maximum Gasteiger partial charge on any atom is 0.269 e. The fourth-order valence-corrected chi connectivity index (χ4v) is 3.74. The van der Waals surface area contributed by atoms with Gasteiger partial charge in [-0.15, -0.1) is 0 Å². The second-order valence-corrected chi connectivity index (χ2v) is 6.95. The molecule has 1 N–H and O–H groups in total. The largest absolute Gasteiger partial charge is 0.350 e. The van der Waals surface area contributed by atoms with Crippen LogP contribution < -0.4 is 5.32 Å². The van der Waals surface area contributed by atoms with Crippen LogP contribution in [0.15, 0.2) is 53.6 Å². The zero-order valence-corrected chi connectivity index (χ0v) is 14.4. The standard InChI is InChI=1S/C17H16FN3OS2/c18-14-1-3-15(4-2-14)21-12-19-9-16(21)17(22)20-6-8-24-11-13-5-7-23-10-13/h1-5,7,9-10,12H,6,8,11H2,(H,20,22). The number of carbonyl (C=O) groups is 1. The van der Waals surface area contributed by atoms with Crippen molar-refractivity contribution >= 4 is 29.0 Å². The Kier molecular flexibility index (Phi) is 5.66. The molecule has 0 aliphatic heterocycles. The van der Waals surface area contributed by atoms with Crippen molar-refractivity contribution in [1.29, 1.82) is 0 Å². The molecule has 2 heterocycles. The zero-order chi connectivity index (χ0) is 16.8. The SMILES string of the molecule is O=C(NCCSCc1ccsc1)c1cncn1-c1ccc(F)cc1. The number of nitrogens with zero attached hydrogens (tertiary/aromatic N) is 2. The highest BCUT2D eigenvalue weighted by molar-refractivity contribution is 7.98. The third-order valence-electron chi connectivity index (χ3n) is 3.36. The van der Waals surface area contributed by atoms with Gasteiger partial charge in [-0.3, -0.25) is 9.36 Å². The van der Waals surface area contributed by atoms with Gasteiger partial charge in [0.25, 0.3) is 5.91 Å². The first kappa shape index (κ1) is 16.7. The first-order chi connectivity index (χ1) is 11.7. The highest BCUT2D eigenvalue weighted by atomic mass is 32.2. The Morgan fingerprint density at radius 2 is 2.12 bits per heavy atom. The molecule has 4 nitrogen and oxygen atoms in total. The van der Waals surface area contributed by atoms with Gasteiger partial charge >= 0.3 is 0 Å². The summed E-state index contributed by atoms with van der Waals surface area (Å²) in [6, 6.07) is 8.06. The van der Waals surface area contributed by atoms with Gasteiger partial charge in [0.2, 0.25) is 0 Å². The molecule has 3 aromatic rings. The molecule has 0 bridgehead atoms. The van der Waals surface area contributed by atoms with Gasteiger partial charge in [-0.05, 0) is 46.7 Å². The number of hydrogen-bond acceptors (Lipinski definition) is 4. The smallest absolute Gasteiger partial charge is 0.269 e. The quantitative estimate of drug-likeness (QED) is 0.652. The fraction of sp³-hybridized carbons (Fsp3) is 0.176. The Morgan fingerprint density at radius 3 is 2.88 bits per heavy atom. The van der Waals surface area contributed by atoms with Crippen LogP contribution in [0, 0.1) is 5.82 Å². The molecular weight excluding hydrogens is 345 g/mol. The van der Waals surface area contributed by atoms with Crippen molar-refractivity contribution in [3.63, 3.8) is 0 Å². The summed E-state index contributed by atoms with van der Waals surface area (Å²) in [5.41, 5.74) is 2.45. The molecular formula is C17H16FN3OS2. The van der Waals surface area contributed by atoms with Gasteiger partial charge in [0.1, 0.15) is 11.5 Å². The second kappa shape index (κ2) is 8.12. The number of hydrogen-bond donors (Lipinski definition) is 1. The number of thioether (sulfide) groups is 1. The van der Waals surface area contributed by atoms with Crippen molar-refractivity contribution in [2.75, 3.05) is 12.3 Å². The van der Waals surface area contributed by atoms with Gasteiger partial charge in [0, 0.05) is 23.7 Å². The van der Waals surface area contributed by atoms with E-state index in [2.05, 4.69) is 27.1 Å². The number of rotatable bonds is 7. The molecule has 1 amide bonds. The van der Waals surface area contributed by atoms with Gasteiger partial charge in [0.15, 0.2) is 0 Å². The van der Waals surface area contributed by atoms with Crippen LogP contribution in [-0.2, 0) is 5.75 Å². The Hall–Kier alpha value is -2.12. The molecule has 0 spiro atoms. The summed E-state index contributed by atoms with van der Waals surface area (Å²) in [5.74, 6) is 1.29. The van der Waals surface area contributed by atoms with Crippen molar-refractivity contribution in [1.82, 2.24) is 14.9 Å². The molecule has 0 atom stereocenters. The van der Waals surface area contributed by atoms with E-state index in [9.17, 15) is 9.18 Å². The minimum Gasteiger partial charge on any atom is -0.350 e. The number of aromatic nitrogens is 2. The topological polar surface area (TPSA) is 46.9 Å². The number of nitrogens with one attached hydrogen (secondary N) is 1. The minimum absolute atomic E-state index is 0.187. The van der Waals surface area contributed by atoms with Gasteiger partial charge in [-0.25, -0.2) is 9.37 Å². The van der Waals surface area contributed by atoms with Crippen molar-refractivity contribution in [2.24, 2.45) is 0 Å². The second-order valence-electron chi connectivity index (χ2n) is 5.07. The molecule has 0 saturated heterocycles. The number of benzene rings is 1. The van der Waals surface area contributed by atoms with E-state index in [1.807, 2.05) is 0 Å².